The van der Waals surface area contributed by atoms with Crippen molar-refractivity contribution in [2.45, 2.75) is 13.3 Å². The standard InChI is InChI=1S/C19H18ClN3O2/c1-12-16(15-5-3-4-6-18(15)22-12)11-21-23-19(24)10-13-9-14(25-2)7-8-17(13)20/h3-9,11,22H,10H2,1-2H3,(H,23,24)/b21-11+. The second-order valence-corrected chi connectivity index (χ2v) is 6.04. The molecule has 0 unspecified atom stereocenters. The minimum absolute atomic E-state index is 0.125. The number of hydrazone groups is 1. The van der Waals surface area contributed by atoms with E-state index < -0.39 is 0 Å². The highest BCUT2D eigenvalue weighted by Crippen LogP contribution is 2.22. The number of nitrogens with zero attached hydrogens (tertiary/aromatic N) is 1. The topological polar surface area (TPSA) is 66.5 Å². The Labute approximate surface area is 150 Å². The molecule has 0 aliphatic rings. The lowest BCUT2D eigenvalue weighted by Gasteiger charge is -2.06. The molecule has 0 atom stereocenters. The summed E-state index contributed by atoms with van der Waals surface area (Å²) in [5.41, 5.74) is 6.22. The first kappa shape index (κ1) is 17.0. The largest absolute Gasteiger partial charge is 0.497 e. The van der Waals surface area contributed by atoms with Crippen molar-refractivity contribution >= 4 is 34.6 Å². The van der Waals surface area contributed by atoms with E-state index in [1.54, 1.807) is 31.5 Å². The second-order valence-electron chi connectivity index (χ2n) is 5.64. The van der Waals surface area contributed by atoms with Crippen molar-refractivity contribution in [3.8, 4) is 5.75 Å². The number of halogens is 1. The Balaban J connectivity index is 1.70. The molecule has 2 aromatic carbocycles. The van der Waals surface area contributed by atoms with Crippen molar-refractivity contribution < 1.29 is 9.53 Å². The Morgan fingerprint density at radius 3 is 2.92 bits per heavy atom. The number of ether oxygens (including phenoxy) is 1. The molecule has 0 spiro atoms. The van der Waals surface area contributed by atoms with E-state index >= 15 is 0 Å². The molecule has 0 saturated heterocycles. The maximum absolute atomic E-state index is 12.1. The second kappa shape index (κ2) is 7.40. The third kappa shape index (κ3) is 3.83. The van der Waals surface area contributed by atoms with Crippen LogP contribution in [0.3, 0.4) is 0 Å². The molecular formula is C19H18ClN3O2. The van der Waals surface area contributed by atoms with Crippen LogP contribution in [0.5, 0.6) is 5.75 Å². The molecule has 0 radical (unpaired) electrons. The molecule has 0 saturated carbocycles. The van der Waals surface area contributed by atoms with Gasteiger partial charge in [-0.05, 0) is 36.8 Å². The summed E-state index contributed by atoms with van der Waals surface area (Å²) in [6, 6.07) is 13.2. The molecule has 128 valence electrons. The molecule has 6 heteroatoms. The number of rotatable bonds is 5. The molecule has 0 bridgehead atoms. The highest BCUT2D eigenvalue weighted by atomic mass is 35.5. The van der Waals surface area contributed by atoms with Gasteiger partial charge in [0.15, 0.2) is 0 Å². The summed E-state index contributed by atoms with van der Waals surface area (Å²) in [6.07, 6.45) is 1.78. The van der Waals surface area contributed by atoms with Crippen LogP contribution in [0, 0.1) is 6.92 Å². The molecule has 25 heavy (non-hydrogen) atoms. The van der Waals surface area contributed by atoms with Crippen molar-refractivity contribution in [3.05, 3.63) is 64.3 Å². The normalized spacial score (nSPS) is 11.2. The number of amides is 1. The van der Waals surface area contributed by atoms with Crippen molar-refractivity contribution in [1.29, 1.82) is 0 Å². The monoisotopic (exact) mass is 355 g/mol. The van der Waals surface area contributed by atoms with Gasteiger partial charge in [-0.2, -0.15) is 5.10 Å². The van der Waals surface area contributed by atoms with Gasteiger partial charge in [0.2, 0.25) is 5.91 Å². The van der Waals surface area contributed by atoms with E-state index in [-0.39, 0.29) is 12.3 Å². The van der Waals surface area contributed by atoms with E-state index in [0.717, 1.165) is 22.2 Å². The molecule has 0 aliphatic heterocycles. The van der Waals surface area contributed by atoms with Crippen LogP contribution in [0.15, 0.2) is 47.6 Å². The van der Waals surface area contributed by atoms with Crippen molar-refractivity contribution in [3.63, 3.8) is 0 Å². The number of para-hydroxylation sites is 1. The van der Waals surface area contributed by atoms with Crippen molar-refractivity contribution in [2.75, 3.05) is 7.11 Å². The van der Waals surface area contributed by atoms with Crippen LogP contribution >= 0.6 is 11.6 Å². The quantitative estimate of drug-likeness (QED) is 0.539. The molecule has 0 aliphatic carbocycles. The van der Waals surface area contributed by atoms with Crippen molar-refractivity contribution in [2.24, 2.45) is 5.10 Å². The zero-order valence-corrected chi connectivity index (χ0v) is 14.7. The first-order valence-electron chi connectivity index (χ1n) is 7.80. The Morgan fingerprint density at radius 2 is 2.12 bits per heavy atom. The zero-order chi connectivity index (χ0) is 17.8. The third-order valence-electron chi connectivity index (χ3n) is 3.93. The van der Waals surface area contributed by atoms with Gasteiger partial charge in [-0.3, -0.25) is 4.79 Å². The minimum atomic E-state index is -0.246. The van der Waals surface area contributed by atoms with Crippen LogP contribution in [0.1, 0.15) is 16.8 Å². The van der Waals surface area contributed by atoms with Gasteiger partial charge in [-0.25, -0.2) is 5.43 Å². The van der Waals surface area contributed by atoms with Crippen LogP contribution in [-0.2, 0) is 11.2 Å². The maximum Gasteiger partial charge on any atom is 0.244 e. The van der Waals surface area contributed by atoms with Crippen LogP contribution in [0.4, 0.5) is 0 Å². The third-order valence-corrected chi connectivity index (χ3v) is 4.30. The first-order chi connectivity index (χ1) is 12.1. The number of aromatic amines is 1. The molecular weight excluding hydrogens is 338 g/mol. The van der Waals surface area contributed by atoms with Gasteiger partial charge < -0.3 is 9.72 Å². The predicted molar refractivity (Wildman–Crippen MR) is 100 cm³/mol. The number of methoxy groups -OCH3 is 1. The molecule has 1 heterocycles. The van der Waals surface area contributed by atoms with Gasteiger partial charge in [0.25, 0.3) is 0 Å². The van der Waals surface area contributed by atoms with E-state index in [9.17, 15) is 4.79 Å². The lowest BCUT2D eigenvalue weighted by Crippen LogP contribution is -2.20. The summed E-state index contributed by atoms with van der Waals surface area (Å²) in [5, 5.41) is 5.66. The zero-order valence-electron chi connectivity index (χ0n) is 14.0. The van der Waals surface area contributed by atoms with Gasteiger partial charge in [-0.15, -0.1) is 0 Å². The van der Waals surface area contributed by atoms with Gasteiger partial charge in [0.1, 0.15) is 5.75 Å². The van der Waals surface area contributed by atoms with E-state index in [0.29, 0.717) is 16.3 Å². The summed E-state index contributed by atoms with van der Waals surface area (Å²) >= 11 is 6.12. The van der Waals surface area contributed by atoms with E-state index in [1.807, 2.05) is 31.2 Å². The van der Waals surface area contributed by atoms with Crippen molar-refractivity contribution in [1.82, 2.24) is 10.4 Å². The molecule has 3 rings (SSSR count). The van der Waals surface area contributed by atoms with Crippen LogP contribution in [0.25, 0.3) is 10.9 Å². The van der Waals surface area contributed by atoms with Gasteiger partial charge >= 0.3 is 0 Å². The molecule has 3 aromatic rings. The summed E-state index contributed by atoms with van der Waals surface area (Å²) in [5.74, 6) is 0.411. The van der Waals surface area contributed by atoms with E-state index in [2.05, 4.69) is 15.5 Å². The fraction of sp³-hybridized carbons (Fsp3) is 0.158. The van der Waals surface area contributed by atoms with Crippen LogP contribution < -0.4 is 10.2 Å². The summed E-state index contributed by atoms with van der Waals surface area (Å²) < 4.78 is 5.15. The average molecular weight is 356 g/mol. The molecule has 0 fully saturated rings. The number of benzene rings is 2. The highest BCUT2D eigenvalue weighted by molar-refractivity contribution is 6.31. The number of aromatic nitrogens is 1. The lowest BCUT2D eigenvalue weighted by molar-refractivity contribution is -0.120. The average Bonchev–Trinajstić information content (AvgIpc) is 2.92. The Bertz CT molecular complexity index is 947. The minimum Gasteiger partial charge on any atom is -0.497 e. The van der Waals surface area contributed by atoms with Gasteiger partial charge in [0.05, 0.1) is 19.7 Å². The van der Waals surface area contributed by atoms with Crippen LogP contribution in [0.2, 0.25) is 5.02 Å². The summed E-state index contributed by atoms with van der Waals surface area (Å²) in [6.45, 7) is 1.97. The molecule has 1 amide bonds. The molecule has 2 N–H and O–H groups in total. The number of hydrogen-bond acceptors (Lipinski definition) is 3. The SMILES string of the molecule is COc1ccc(Cl)c(CC(=O)N/N=C/c2c(C)[nH]c3ccccc23)c1. The maximum atomic E-state index is 12.1. The molecule has 1 aromatic heterocycles. The number of aryl methyl sites for hydroxylation is 1. The lowest BCUT2D eigenvalue weighted by atomic mass is 10.1. The summed E-state index contributed by atoms with van der Waals surface area (Å²) in [7, 11) is 1.57. The predicted octanol–water partition coefficient (Wildman–Crippen LogP) is 3.83. The number of carbonyl (C=O) groups is 1. The van der Waals surface area contributed by atoms with E-state index in [1.165, 1.54) is 0 Å². The number of H-pyrrole nitrogens is 1. The fourth-order valence-corrected chi connectivity index (χ4v) is 2.84. The van der Waals surface area contributed by atoms with Gasteiger partial charge in [-0.1, -0.05) is 29.8 Å². The van der Waals surface area contributed by atoms with Gasteiger partial charge in [0, 0.05) is 27.2 Å². The Morgan fingerprint density at radius 1 is 1.32 bits per heavy atom. The number of hydrogen-bond donors (Lipinski definition) is 2. The smallest absolute Gasteiger partial charge is 0.244 e. The summed E-state index contributed by atoms with van der Waals surface area (Å²) in [4.78, 5) is 15.4. The number of fused-ring (bicyclic) bond motifs is 1. The first-order valence-corrected chi connectivity index (χ1v) is 8.18. The number of carbonyl (C=O) groups excluding carboxylic acids is 1. The Hall–Kier alpha value is -2.79. The Kier molecular flexibility index (Phi) is 5.05. The fourth-order valence-electron chi connectivity index (χ4n) is 2.66. The number of nitrogens with one attached hydrogen (secondary N) is 2. The van der Waals surface area contributed by atoms with Crippen LogP contribution in [-0.4, -0.2) is 24.2 Å². The highest BCUT2D eigenvalue weighted by Gasteiger charge is 2.09. The molecule has 5 nitrogen and oxygen atoms in total. The van der Waals surface area contributed by atoms with E-state index in [4.69, 9.17) is 16.3 Å².